The van der Waals surface area contributed by atoms with Gasteiger partial charge in [0.2, 0.25) is 5.91 Å². The summed E-state index contributed by atoms with van der Waals surface area (Å²) in [4.78, 5) is 10.9. The lowest BCUT2D eigenvalue weighted by Crippen LogP contribution is -2.22. The summed E-state index contributed by atoms with van der Waals surface area (Å²) in [7, 11) is 3.32. The van der Waals surface area contributed by atoms with Crippen LogP contribution in [-0.2, 0) is 14.3 Å². The van der Waals surface area contributed by atoms with Crippen LogP contribution in [0.2, 0.25) is 0 Å². The second-order valence-electron chi connectivity index (χ2n) is 3.49. The van der Waals surface area contributed by atoms with Crippen molar-refractivity contribution in [3.05, 3.63) is 0 Å². The van der Waals surface area contributed by atoms with Crippen LogP contribution in [0, 0.1) is 0 Å². The average molecular weight is 232 g/mol. The molecule has 0 rings (SSSR count). The molecule has 0 atom stereocenters. The van der Waals surface area contributed by atoms with Crippen LogP contribution in [0.5, 0.6) is 0 Å². The number of nitrogens with one attached hydrogen (secondary N) is 2. The minimum Gasteiger partial charge on any atom is -0.382 e. The van der Waals surface area contributed by atoms with Crippen molar-refractivity contribution in [1.82, 2.24) is 10.6 Å². The van der Waals surface area contributed by atoms with Gasteiger partial charge in [-0.3, -0.25) is 4.79 Å². The molecule has 0 aliphatic rings. The van der Waals surface area contributed by atoms with E-state index in [1.54, 1.807) is 14.2 Å². The quantitative estimate of drug-likeness (QED) is 0.498. The number of carbonyl (C=O) groups is 1. The zero-order valence-electron chi connectivity index (χ0n) is 10.4. The molecule has 0 saturated heterocycles. The van der Waals surface area contributed by atoms with Gasteiger partial charge in [0.25, 0.3) is 0 Å². The molecule has 1 amide bonds. The molecule has 5 nitrogen and oxygen atoms in total. The van der Waals surface area contributed by atoms with Gasteiger partial charge in [0.1, 0.15) is 0 Å². The monoisotopic (exact) mass is 232 g/mol. The molecule has 16 heavy (non-hydrogen) atoms. The average Bonchev–Trinajstić information content (AvgIpc) is 2.31. The second-order valence-corrected chi connectivity index (χ2v) is 3.49. The third kappa shape index (κ3) is 11.4. The predicted molar refractivity (Wildman–Crippen MR) is 63.5 cm³/mol. The van der Waals surface area contributed by atoms with Crippen LogP contribution in [0.15, 0.2) is 0 Å². The molecule has 0 fully saturated rings. The molecule has 0 spiro atoms. The Balaban J connectivity index is 2.96. The zero-order chi connectivity index (χ0) is 12.1. The van der Waals surface area contributed by atoms with Gasteiger partial charge >= 0.3 is 0 Å². The van der Waals surface area contributed by atoms with Gasteiger partial charge in [0.05, 0.1) is 13.2 Å². The normalized spacial score (nSPS) is 10.4. The van der Waals surface area contributed by atoms with Crippen molar-refractivity contribution in [3.8, 4) is 0 Å². The van der Waals surface area contributed by atoms with E-state index in [0.717, 1.165) is 32.5 Å². The van der Waals surface area contributed by atoms with E-state index in [0.29, 0.717) is 19.6 Å². The Labute approximate surface area is 97.9 Å². The first-order valence-electron chi connectivity index (χ1n) is 5.79. The van der Waals surface area contributed by atoms with Crippen molar-refractivity contribution in [2.45, 2.75) is 19.3 Å². The summed E-state index contributed by atoms with van der Waals surface area (Å²) in [6.07, 6.45) is 2.46. The lowest BCUT2D eigenvalue weighted by Gasteiger charge is -2.05. The van der Waals surface area contributed by atoms with Crippen molar-refractivity contribution in [2.75, 3.05) is 47.1 Å². The van der Waals surface area contributed by atoms with E-state index in [2.05, 4.69) is 10.6 Å². The van der Waals surface area contributed by atoms with E-state index in [9.17, 15) is 4.79 Å². The number of methoxy groups -OCH3 is 1. The molecule has 0 radical (unpaired) electrons. The Morgan fingerprint density at radius 1 is 1.12 bits per heavy atom. The maximum absolute atomic E-state index is 10.9. The Bertz CT molecular complexity index is 165. The van der Waals surface area contributed by atoms with Crippen LogP contribution in [0.4, 0.5) is 0 Å². The van der Waals surface area contributed by atoms with E-state index in [4.69, 9.17) is 9.47 Å². The number of hydrogen-bond donors (Lipinski definition) is 2. The van der Waals surface area contributed by atoms with Crippen molar-refractivity contribution in [2.24, 2.45) is 0 Å². The highest BCUT2D eigenvalue weighted by molar-refractivity contribution is 5.75. The van der Waals surface area contributed by atoms with Crippen LogP contribution in [0.25, 0.3) is 0 Å². The Kier molecular flexibility index (Phi) is 11.9. The summed E-state index contributed by atoms with van der Waals surface area (Å²) < 4.78 is 10.2. The van der Waals surface area contributed by atoms with E-state index < -0.39 is 0 Å². The lowest BCUT2D eigenvalue weighted by molar-refractivity contribution is -0.120. The maximum Gasteiger partial charge on any atom is 0.219 e. The molecule has 0 aromatic carbocycles. The molecule has 5 heteroatoms. The first kappa shape index (κ1) is 15.3. The first-order valence-corrected chi connectivity index (χ1v) is 5.79. The third-order valence-electron chi connectivity index (χ3n) is 2.11. The summed E-state index contributed by atoms with van der Waals surface area (Å²) in [6, 6.07) is 0. The first-order chi connectivity index (χ1) is 7.81. The van der Waals surface area contributed by atoms with Gasteiger partial charge in [-0.2, -0.15) is 0 Å². The Morgan fingerprint density at radius 2 is 1.88 bits per heavy atom. The van der Waals surface area contributed by atoms with Crippen LogP contribution >= 0.6 is 0 Å². The van der Waals surface area contributed by atoms with Crippen LogP contribution < -0.4 is 10.6 Å². The predicted octanol–water partition coefficient (Wildman–Crippen LogP) is 0.155. The highest BCUT2D eigenvalue weighted by Crippen LogP contribution is 1.87. The van der Waals surface area contributed by atoms with Gasteiger partial charge in [-0.1, -0.05) is 0 Å². The molecule has 0 aliphatic carbocycles. The van der Waals surface area contributed by atoms with Crippen molar-refractivity contribution in [3.63, 3.8) is 0 Å². The van der Waals surface area contributed by atoms with Crippen molar-refractivity contribution >= 4 is 5.91 Å². The largest absolute Gasteiger partial charge is 0.382 e. The number of hydrogen-bond acceptors (Lipinski definition) is 4. The topological polar surface area (TPSA) is 59.6 Å². The number of amides is 1. The zero-order valence-corrected chi connectivity index (χ0v) is 10.4. The van der Waals surface area contributed by atoms with Gasteiger partial charge in [0, 0.05) is 27.2 Å². The van der Waals surface area contributed by atoms with Gasteiger partial charge in [-0.25, -0.2) is 0 Å². The minimum atomic E-state index is 0.102. The van der Waals surface area contributed by atoms with Crippen LogP contribution in [0.3, 0.4) is 0 Å². The molecule has 0 aromatic heterocycles. The molecule has 0 heterocycles. The lowest BCUT2D eigenvalue weighted by atomic mass is 10.3. The summed E-state index contributed by atoms with van der Waals surface area (Å²) in [5.41, 5.74) is 0. The molecular formula is C11H24N2O3. The Morgan fingerprint density at radius 3 is 2.56 bits per heavy atom. The number of carbonyl (C=O) groups excluding carboxylic acids is 1. The molecule has 0 bridgehead atoms. The van der Waals surface area contributed by atoms with Gasteiger partial charge < -0.3 is 20.1 Å². The standard InChI is InChI=1S/C11H24N2O3/c1-12-11(14)5-3-6-13-7-4-8-16-10-9-15-2/h13H,3-10H2,1-2H3,(H,12,14). The SMILES string of the molecule is CNC(=O)CCCNCCCOCCOC. The second kappa shape index (κ2) is 12.4. The molecule has 96 valence electrons. The number of rotatable bonds is 11. The molecular weight excluding hydrogens is 208 g/mol. The van der Waals surface area contributed by atoms with Crippen LogP contribution in [-0.4, -0.2) is 53.0 Å². The molecule has 0 saturated carbocycles. The van der Waals surface area contributed by atoms with Crippen molar-refractivity contribution < 1.29 is 14.3 Å². The van der Waals surface area contributed by atoms with Gasteiger partial charge in [-0.05, 0) is 25.9 Å². The molecule has 0 aliphatic heterocycles. The molecule has 0 unspecified atom stereocenters. The summed E-state index contributed by atoms with van der Waals surface area (Å²) in [6.45, 7) is 3.88. The van der Waals surface area contributed by atoms with Crippen LogP contribution in [0.1, 0.15) is 19.3 Å². The fourth-order valence-electron chi connectivity index (χ4n) is 1.17. The van der Waals surface area contributed by atoms with E-state index in [1.165, 1.54) is 0 Å². The smallest absolute Gasteiger partial charge is 0.219 e. The van der Waals surface area contributed by atoms with E-state index >= 15 is 0 Å². The molecule has 2 N–H and O–H groups in total. The van der Waals surface area contributed by atoms with Gasteiger partial charge in [0.15, 0.2) is 0 Å². The summed E-state index contributed by atoms with van der Waals surface area (Å²) >= 11 is 0. The molecule has 0 aromatic rings. The minimum absolute atomic E-state index is 0.102. The van der Waals surface area contributed by atoms with Crippen molar-refractivity contribution in [1.29, 1.82) is 0 Å². The van der Waals surface area contributed by atoms with E-state index in [1.807, 2.05) is 0 Å². The third-order valence-corrected chi connectivity index (χ3v) is 2.11. The summed E-state index contributed by atoms with van der Waals surface area (Å²) in [5, 5.41) is 5.86. The maximum atomic E-state index is 10.9. The Hall–Kier alpha value is -0.650. The van der Waals surface area contributed by atoms with E-state index in [-0.39, 0.29) is 5.91 Å². The highest BCUT2D eigenvalue weighted by Gasteiger charge is 1.96. The van der Waals surface area contributed by atoms with Gasteiger partial charge in [-0.15, -0.1) is 0 Å². The fraction of sp³-hybridized carbons (Fsp3) is 0.909. The highest BCUT2D eigenvalue weighted by atomic mass is 16.5. The summed E-state index contributed by atoms with van der Waals surface area (Å²) in [5.74, 6) is 0.102. The fourth-order valence-corrected chi connectivity index (χ4v) is 1.17. The number of ether oxygens (including phenoxy) is 2.